The molecule has 0 saturated carbocycles. The molecule has 2 amide bonds. The van der Waals surface area contributed by atoms with E-state index in [1.807, 2.05) is 48.5 Å². The lowest BCUT2D eigenvalue weighted by Gasteiger charge is -2.38. The number of amides is 2. The van der Waals surface area contributed by atoms with Crippen molar-refractivity contribution in [1.82, 2.24) is 20.2 Å². The van der Waals surface area contributed by atoms with E-state index in [4.69, 9.17) is 16.3 Å². The molecular weight excluding hydrogens is 673 g/mol. The van der Waals surface area contributed by atoms with Crippen LogP contribution in [-0.4, -0.2) is 73.3 Å². The highest BCUT2D eigenvalue weighted by Crippen LogP contribution is 2.39. The highest BCUT2D eigenvalue weighted by Gasteiger charge is 2.29. The van der Waals surface area contributed by atoms with Crippen molar-refractivity contribution in [2.24, 2.45) is 0 Å². The molecule has 0 radical (unpaired) electrons. The maximum Gasteiger partial charge on any atom is 0.234 e. The van der Waals surface area contributed by atoms with E-state index in [-0.39, 0.29) is 17.7 Å². The lowest BCUT2D eigenvalue weighted by molar-refractivity contribution is -0.134. The lowest BCUT2D eigenvalue weighted by atomic mass is 9.89. The smallest absolute Gasteiger partial charge is 0.234 e. The van der Waals surface area contributed by atoms with E-state index < -0.39 is 7.14 Å². The maximum atomic E-state index is 12.9. The predicted molar refractivity (Wildman–Crippen MR) is 200 cm³/mol. The Hall–Kier alpha value is -4.44. The van der Waals surface area contributed by atoms with E-state index in [1.54, 1.807) is 20.4 Å². The second kappa shape index (κ2) is 15.2. The van der Waals surface area contributed by atoms with Crippen LogP contribution in [0.1, 0.15) is 42.7 Å². The average molecular weight is 716 g/mol. The molecule has 3 N–H and O–H groups in total. The van der Waals surface area contributed by atoms with Gasteiger partial charge < -0.3 is 24.8 Å². The molecule has 2 saturated heterocycles. The van der Waals surface area contributed by atoms with Gasteiger partial charge in [0.05, 0.1) is 30.6 Å². The number of benzene rings is 3. The van der Waals surface area contributed by atoms with Gasteiger partial charge in [0.25, 0.3) is 0 Å². The van der Waals surface area contributed by atoms with E-state index in [1.165, 1.54) is 6.20 Å². The van der Waals surface area contributed by atoms with Crippen LogP contribution < -0.4 is 30.9 Å². The van der Waals surface area contributed by atoms with Crippen LogP contribution in [0.15, 0.2) is 72.9 Å². The standard InChI is InChI=1S/C37H43ClN7O4P/c1-44(23-24-8-7-9-25(20-24)28-13-15-34(46)42-36(28)47)26-16-18-45(19-17-26)27-12-14-30(32(21-27)49-2)41-37-39-22-29(38)35(43-37)40-31-10-5-6-11-33(31)50(3,4)48/h5-12,14,20-22,26,28H,13,15-19,23H2,1-4H3,(H,42,46,47)(H2,39,40,41,43). The number of hydrogen-bond acceptors (Lipinski definition) is 10. The average Bonchev–Trinajstić information content (AvgIpc) is 3.10. The van der Waals surface area contributed by atoms with Crippen molar-refractivity contribution in [3.8, 4) is 5.75 Å². The van der Waals surface area contributed by atoms with Crippen LogP contribution >= 0.6 is 18.7 Å². The molecule has 13 heteroatoms. The van der Waals surface area contributed by atoms with Crippen molar-refractivity contribution < 1.29 is 18.9 Å². The molecule has 1 atom stereocenters. The van der Waals surface area contributed by atoms with Gasteiger partial charge in [0.2, 0.25) is 17.8 Å². The van der Waals surface area contributed by atoms with Crippen LogP contribution in [0.2, 0.25) is 5.02 Å². The van der Waals surface area contributed by atoms with E-state index in [0.717, 1.165) is 49.3 Å². The summed E-state index contributed by atoms with van der Waals surface area (Å²) in [5, 5.41) is 10.0. The Morgan fingerprint density at radius 2 is 1.78 bits per heavy atom. The number of piperidine rings is 2. The Morgan fingerprint density at radius 3 is 2.52 bits per heavy atom. The molecule has 0 aliphatic carbocycles. The molecule has 4 aromatic rings. The Balaban J connectivity index is 1.07. The number of halogens is 1. The summed E-state index contributed by atoms with van der Waals surface area (Å²) in [6.07, 6.45) is 4.47. The normalized spacial score (nSPS) is 17.1. The van der Waals surface area contributed by atoms with Crippen molar-refractivity contribution in [3.05, 3.63) is 89.1 Å². The molecule has 1 aromatic heterocycles. The number of carbonyl (C=O) groups excluding carboxylic acids is 2. The quantitative estimate of drug-likeness (QED) is 0.117. The Labute approximate surface area is 298 Å². The van der Waals surface area contributed by atoms with Crippen LogP contribution in [0.4, 0.5) is 28.8 Å². The number of aromatic nitrogens is 2. The van der Waals surface area contributed by atoms with Crippen molar-refractivity contribution >= 4 is 64.7 Å². The largest absolute Gasteiger partial charge is 0.494 e. The van der Waals surface area contributed by atoms with Gasteiger partial charge in [0.15, 0.2) is 5.82 Å². The zero-order valence-corrected chi connectivity index (χ0v) is 30.4. The van der Waals surface area contributed by atoms with E-state index in [9.17, 15) is 14.2 Å². The summed E-state index contributed by atoms with van der Waals surface area (Å²) in [4.78, 5) is 37.8. The van der Waals surface area contributed by atoms with Gasteiger partial charge in [-0.2, -0.15) is 4.98 Å². The number of nitrogens with zero attached hydrogens (tertiary/aromatic N) is 4. The van der Waals surface area contributed by atoms with Gasteiger partial charge in [0.1, 0.15) is 17.9 Å². The summed E-state index contributed by atoms with van der Waals surface area (Å²) < 4.78 is 18.6. The molecule has 262 valence electrons. The molecule has 2 aliphatic rings. The van der Waals surface area contributed by atoms with Gasteiger partial charge in [0, 0.05) is 49.2 Å². The fourth-order valence-corrected chi connectivity index (χ4v) is 7.99. The summed E-state index contributed by atoms with van der Waals surface area (Å²) in [5.74, 6) is 0.720. The van der Waals surface area contributed by atoms with Crippen molar-refractivity contribution in [1.29, 1.82) is 0 Å². The minimum atomic E-state index is -2.54. The van der Waals surface area contributed by atoms with Crippen LogP contribution in [0, 0.1) is 0 Å². The van der Waals surface area contributed by atoms with Crippen LogP contribution in [0.3, 0.4) is 0 Å². The van der Waals surface area contributed by atoms with Gasteiger partial charge in [-0.25, -0.2) is 4.98 Å². The first-order chi connectivity index (χ1) is 24.0. The lowest BCUT2D eigenvalue weighted by Crippen LogP contribution is -2.43. The monoisotopic (exact) mass is 715 g/mol. The van der Waals surface area contributed by atoms with Crippen molar-refractivity contribution in [2.75, 3.05) is 56.1 Å². The van der Waals surface area contributed by atoms with E-state index in [0.29, 0.717) is 58.1 Å². The number of para-hydroxylation sites is 1. The Morgan fingerprint density at radius 1 is 1.00 bits per heavy atom. The Bertz CT molecular complexity index is 1930. The van der Waals surface area contributed by atoms with Gasteiger partial charge in [-0.15, -0.1) is 0 Å². The molecule has 2 aliphatic heterocycles. The maximum absolute atomic E-state index is 12.9. The number of methoxy groups -OCH3 is 1. The first kappa shape index (κ1) is 35.4. The number of ether oxygens (including phenoxy) is 1. The fourth-order valence-electron chi connectivity index (χ4n) is 6.69. The molecule has 50 heavy (non-hydrogen) atoms. The number of anilines is 5. The number of rotatable bonds is 11. The van der Waals surface area contributed by atoms with E-state index in [2.05, 4.69) is 61.0 Å². The molecule has 6 rings (SSSR count). The summed E-state index contributed by atoms with van der Waals surface area (Å²) >= 11 is 6.46. The minimum absolute atomic E-state index is 0.194. The molecule has 2 fully saturated rings. The Kier molecular flexibility index (Phi) is 10.8. The van der Waals surface area contributed by atoms with Crippen molar-refractivity contribution in [3.63, 3.8) is 0 Å². The van der Waals surface area contributed by atoms with Crippen LogP contribution in [0.5, 0.6) is 5.75 Å². The topological polar surface area (TPSA) is 129 Å². The number of carbonyl (C=O) groups is 2. The molecule has 0 bridgehead atoms. The van der Waals surface area contributed by atoms with Crippen molar-refractivity contribution in [2.45, 2.75) is 44.2 Å². The molecule has 1 unspecified atom stereocenters. The van der Waals surface area contributed by atoms with Gasteiger partial charge in [-0.05, 0) is 75.0 Å². The fraction of sp³-hybridized carbons (Fsp3) is 0.351. The first-order valence-corrected chi connectivity index (χ1v) is 19.7. The molecule has 0 spiro atoms. The molecular formula is C37H43ClN7O4P. The summed E-state index contributed by atoms with van der Waals surface area (Å²) in [5.41, 5.74) is 4.60. The highest BCUT2D eigenvalue weighted by molar-refractivity contribution is 7.70. The summed E-state index contributed by atoms with van der Waals surface area (Å²) in [6, 6.07) is 22.1. The molecule has 3 heterocycles. The summed E-state index contributed by atoms with van der Waals surface area (Å²) in [7, 11) is 1.26. The van der Waals surface area contributed by atoms with E-state index >= 15 is 0 Å². The highest BCUT2D eigenvalue weighted by atomic mass is 35.5. The predicted octanol–water partition coefficient (Wildman–Crippen LogP) is 6.49. The summed E-state index contributed by atoms with van der Waals surface area (Å²) in [6.45, 7) is 6.05. The van der Waals surface area contributed by atoms with Crippen LogP contribution in [-0.2, 0) is 20.7 Å². The second-order valence-electron chi connectivity index (χ2n) is 13.3. The molecule has 3 aromatic carbocycles. The zero-order valence-electron chi connectivity index (χ0n) is 28.8. The minimum Gasteiger partial charge on any atom is -0.494 e. The third-order valence-electron chi connectivity index (χ3n) is 9.39. The first-order valence-electron chi connectivity index (χ1n) is 16.8. The van der Waals surface area contributed by atoms with Crippen LogP contribution in [0.25, 0.3) is 0 Å². The third-order valence-corrected chi connectivity index (χ3v) is 11.2. The second-order valence-corrected chi connectivity index (χ2v) is 16.9. The zero-order chi connectivity index (χ0) is 35.4. The number of hydrogen-bond donors (Lipinski definition) is 3. The SMILES string of the molecule is COc1cc(N2CCC(N(C)Cc3cccc(C4CCC(=O)NC4=O)c3)CC2)ccc1Nc1ncc(Cl)c(Nc2ccccc2P(C)(C)=O)n1. The van der Waals surface area contributed by atoms with Gasteiger partial charge in [-0.1, -0.05) is 48.0 Å². The number of imide groups is 1. The van der Waals surface area contributed by atoms with Gasteiger partial charge >= 0.3 is 0 Å². The third kappa shape index (κ3) is 8.29. The molecule has 11 nitrogen and oxygen atoms in total. The van der Waals surface area contributed by atoms with Gasteiger partial charge in [-0.3, -0.25) is 19.8 Å². The number of nitrogens with one attached hydrogen (secondary N) is 3.